The van der Waals surface area contributed by atoms with Crippen molar-refractivity contribution in [3.8, 4) is 5.75 Å². The van der Waals surface area contributed by atoms with E-state index in [2.05, 4.69) is 4.72 Å². The van der Waals surface area contributed by atoms with Gasteiger partial charge in [0.05, 0.1) is 26.2 Å². The molecule has 0 spiro atoms. The first-order valence-corrected chi connectivity index (χ1v) is 9.95. The van der Waals surface area contributed by atoms with Gasteiger partial charge in [0.2, 0.25) is 0 Å². The lowest BCUT2D eigenvalue weighted by Crippen LogP contribution is -2.13. The van der Waals surface area contributed by atoms with E-state index in [-0.39, 0.29) is 26.4 Å². The monoisotopic (exact) mass is 421 g/mol. The highest BCUT2D eigenvalue weighted by Crippen LogP contribution is 2.37. The van der Waals surface area contributed by atoms with Crippen LogP contribution in [-0.2, 0) is 10.0 Å². The molecule has 1 N–H and O–H groups in total. The summed E-state index contributed by atoms with van der Waals surface area (Å²) in [6, 6.07) is 18.8. The molecule has 0 aliphatic heterocycles. The number of rotatable bonds is 5. The Labute approximate surface area is 166 Å². The van der Waals surface area contributed by atoms with Crippen molar-refractivity contribution < 1.29 is 17.9 Å². The molecular formula is C19H13Cl2NO4S. The average molecular weight is 422 g/mol. The minimum absolute atomic E-state index is 0.00228. The van der Waals surface area contributed by atoms with Gasteiger partial charge in [-0.05, 0) is 36.4 Å². The highest BCUT2D eigenvalue weighted by atomic mass is 35.5. The maximum atomic E-state index is 12.4. The molecule has 3 aromatic carbocycles. The van der Waals surface area contributed by atoms with Crippen LogP contribution in [0.25, 0.3) is 0 Å². The molecular weight excluding hydrogens is 409 g/mol. The van der Waals surface area contributed by atoms with Gasteiger partial charge < -0.3 is 4.74 Å². The molecule has 0 amide bonds. The summed E-state index contributed by atoms with van der Waals surface area (Å²) in [6.45, 7) is 0. The quantitative estimate of drug-likeness (QED) is 0.463. The number of sulfonamides is 1. The lowest BCUT2D eigenvalue weighted by atomic mass is 10.2. The summed E-state index contributed by atoms with van der Waals surface area (Å²) in [7, 11) is -3.80. The van der Waals surface area contributed by atoms with E-state index in [1.165, 1.54) is 24.3 Å². The van der Waals surface area contributed by atoms with Crippen LogP contribution in [0.1, 0.15) is 10.4 Å². The third-order valence-electron chi connectivity index (χ3n) is 3.51. The van der Waals surface area contributed by atoms with Gasteiger partial charge in [-0.1, -0.05) is 59.6 Å². The zero-order chi connectivity index (χ0) is 19.4. The summed E-state index contributed by atoms with van der Waals surface area (Å²) in [4.78, 5) is 12.3. The lowest BCUT2D eigenvalue weighted by molar-refractivity contribution is 0.0735. The molecule has 0 fully saturated rings. The molecule has 0 atom stereocenters. The van der Waals surface area contributed by atoms with Gasteiger partial charge in [-0.25, -0.2) is 13.2 Å². The van der Waals surface area contributed by atoms with E-state index >= 15 is 0 Å². The van der Waals surface area contributed by atoms with Gasteiger partial charge in [-0.3, -0.25) is 4.72 Å². The van der Waals surface area contributed by atoms with Gasteiger partial charge in [0.15, 0.2) is 5.75 Å². The van der Waals surface area contributed by atoms with E-state index in [0.29, 0.717) is 5.56 Å². The fourth-order valence-electron chi connectivity index (χ4n) is 2.26. The van der Waals surface area contributed by atoms with Crippen LogP contribution < -0.4 is 9.46 Å². The Morgan fingerprint density at radius 3 is 1.93 bits per heavy atom. The predicted molar refractivity (Wildman–Crippen MR) is 105 cm³/mol. The number of esters is 1. The molecule has 0 aromatic heterocycles. The topological polar surface area (TPSA) is 72.5 Å². The van der Waals surface area contributed by atoms with E-state index in [4.69, 9.17) is 27.9 Å². The van der Waals surface area contributed by atoms with Crippen molar-refractivity contribution in [2.24, 2.45) is 0 Å². The van der Waals surface area contributed by atoms with Crippen molar-refractivity contribution in [2.45, 2.75) is 4.90 Å². The van der Waals surface area contributed by atoms with Crippen LogP contribution in [0.4, 0.5) is 5.69 Å². The summed E-state index contributed by atoms with van der Waals surface area (Å²) in [5.41, 5.74) is 0.479. The molecule has 0 saturated carbocycles. The molecule has 0 aliphatic rings. The normalized spacial score (nSPS) is 11.0. The summed E-state index contributed by atoms with van der Waals surface area (Å²) in [5.74, 6) is -0.674. The molecule has 5 nitrogen and oxygen atoms in total. The second kappa shape index (κ2) is 8.00. The van der Waals surface area contributed by atoms with Gasteiger partial charge in [0.1, 0.15) is 0 Å². The van der Waals surface area contributed by atoms with E-state index in [9.17, 15) is 13.2 Å². The zero-order valence-electron chi connectivity index (χ0n) is 13.7. The summed E-state index contributed by atoms with van der Waals surface area (Å²) in [5, 5.41) is -0.00455. The Morgan fingerprint density at radius 1 is 0.852 bits per heavy atom. The highest BCUT2D eigenvalue weighted by molar-refractivity contribution is 7.92. The number of hydrogen-bond donors (Lipinski definition) is 1. The molecule has 0 radical (unpaired) electrons. The molecule has 0 unspecified atom stereocenters. The lowest BCUT2D eigenvalue weighted by Gasteiger charge is -2.12. The van der Waals surface area contributed by atoms with Crippen LogP contribution in [-0.4, -0.2) is 14.4 Å². The van der Waals surface area contributed by atoms with Gasteiger partial charge in [0.25, 0.3) is 10.0 Å². The molecule has 138 valence electrons. The Bertz CT molecular complexity index is 1050. The second-order valence-corrected chi connectivity index (χ2v) is 7.94. The van der Waals surface area contributed by atoms with Gasteiger partial charge in [0, 0.05) is 0 Å². The first-order valence-electron chi connectivity index (χ1n) is 7.71. The van der Waals surface area contributed by atoms with Crippen LogP contribution in [0.5, 0.6) is 5.75 Å². The Kier molecular flexibility index (Phi) is 5.70. The van der Waals surface area contributed by atoms with Crippen LogP contribution in [0.2, 0.25) is 10.0 Å². The van der Waals surface area contributed by atoms with Crippen LogP contribution in [0, 0.1) is 0 Å². The number of ether oxygens (including phenoxy) is 1. The summed E-state index contributed by atoms with van der Waals surface area (Å²) in [6.07, 6.45) is 0. The number of carbonyl (C=O) groups excluding carboxylic acids is 1. The number of benzene rings is 3. The van der Waals surface area contributed by atoms with Crippen LogP contribution >= 0.6 is 23.2 Å². The maximum Gasteiger partial charge on any atom is 0.343 e. The van der Waals surface area contributed by atoms with Crippen molar-refractivity contribution >= 4 is 44.9 Å². The minimum Gasteiger partial charge on any atom is -0.420 e. The smallest absolute Gasteiger partial charge is 0.343 e. The molecule has 0 heterocycles. The molecule has 3 aromatic rings. The number of nitrogens with one attached hydrogen (secondary N) is 1. The number of anilines is 1. The average Bonchev–Trinajstić information content (AvgIpc) is 2.65. The van der Waals surface area contributed by atoms with Crippen molar-refractivity contribution in [1.29, 1.82) is 0 Å². The standard InChI is InChI=1S/C19H13Cl2NO4S/c20-16-11-14(22-27(24,25)15-9-5-2-6-10-15)12-17(21)18(16)26-19(23)13-7-3-1-4-8-13/h1-12,22H. The largest absolute Gasteiger partial charge is 0.420 e. The molecule has 0 bridgehead atoms. The van der Waals surface area contributed by atoms with E-state index in [1.807, 2.05) is 0 Å². The third-order valence-corrected chi connectivity index (χ3v) is 5.47. The SMILES string of the molecule is O=C(Oc1c(Cl)cc(NS(=O)(=O)c2ccccc2)cc1Cl)c1ccccc1. The fourth-order valence-corrected chi connectivity index (χ4v) is 3.88. The van der Waals surface area contributed by atoms with E-state index < -0.39 is 16.0 Å². The molecule has 27 heavy (non-hydrogen) atoms. The minimum atomic E-state index is -3.80. The first-order chi connectivity index (χ1) is 12.9. The fraction of sp³-hybridized carbons (Fsp3) is 0. The van der Waals surface area contributed by atoms with Crippen LogP contribution in [0.3, 0.4) is 0 Å². The Morgan fingerprint density at radius 2 is 1.37 bits per heavy atom. The zero-order valence-corrected chi connectivity index (χ0v) is 16.1. The highest BCUT2D eigenvalue weighted by Gasteiger charge is 2.18. The maximum absolute atomic E-state index is 12.4. The number of carbonyl (C=O) groups is 1. The van der Waals surface area contributed by atoms with Crippen molar-refractivity contribution in [2.75, 3.05) is 4.72 Å². The third kappa shape index (κ3) is 4.60. The number of halogens is 2. The number of hydrogen-bond acceptors (Lipinski definition) is 4. The predicted octanol–water partition coefficient (Wildman–Crippen LogP) is 5.01. The van der Waals surface area contributed by atoms with Gasteiger partial charge >= 0.3 is 5.97 Å². The van der Waals surface area contributed by atoms with Crippen molar-refractivity contribution in [3.63, 3.8) is 0 Å². The van der Waals surface area contributed by atoms with Crippen LogP contribution in [0.15, 0.2) is 77.7 Å². The van der Waals surface area contributed by atoms with Gasteiger partial charge in [-0.2, -0.15) is 0 Å². The summed E-state index contributed by atoms with van der Waals surface area (Å²) < 4.78 is 32.4. The van der Waals surface area contributed by atoms with Crippen molar-refractivity contribution in [1.82, 2.24) is 0 Å². The van der Waals surface area contributed by atoms with E-state index in [1.54, 1.807) is 48.5 Å². The Balaban J connectivity index is 1.84. The summed E-state index contributed by atoms with van der Waals surface area (Å²) >= 11 is 12.3. The first kappa shape index (κ1) is 19.2. The second-order valence-electron chi connectivity index (χ2n) is 5.44. The molecule has 0 saturated heterocycles. The Hall–Kier alpha value is -2.54. The molecule has 8 heteroatoms. The molecule has 3 rings (SSSR count). The van der Waals surface area contributed by atoms with E-state index in [0.717, 1.165) is 0 Å². The van der Waals surface area contributed by atoms with Gasteiger partial charge in [-0.15, -0.1) is 0 Å². The van der Waals surface area contributed by atoms with Crippen molar-refractivity contribution in [3.05, 3.63) is 88.4 Å². The molecule has 0 aliphatic carbocycles.